The molecule has 0 atom stereocenters. The molecule has 0 spiro atoms. The van der Waals surface area contributed by atoms with Crippen molar-refractivity contribution < 1.29 is 4.42 Å². The van der Waals surface area contributed by atoms with Crippen LogP contribution in [-0.2, 0) is 0 Å². The number of anilines is 3. The lowest BCUT2D eigenvalue weighted by atomic mass is 10.0. The first-order valence-corrected chi connectivity index (χ1v) is 16.7. The first-order chi connectivity index (χ1) is 23.3. The summed E-state index contributed by atoms with van der Waals surface area (Å²) in [6.45, 7) is 0. The van der Waals surface area contributed by atoms with Crippen LogP contribution in [0.2, 0.25) is 0 Å². The van der Waals surface area contributed by atoms with Crippen molar-refractivity contribution in [2.75, 3.05) is 4.90 Å². The third kappa shape index (κ3) is 4.10. The predicted octanol–water partition coefficient (Wildman–Crippen LogP) is 13.4. The Morgan fingerprint density at radius 1 is 0.426 bits per heavy atom. The Morgan fingerprint density at radius 2 is 1.11 bits per heavy atom. The van der Waals surface area contributed by atoms with Crippen LogP contribution in [0.15, 0.2) is 168 Å². The molecule has 220 valence electrons. The van der Waals surface area contributed by atoms with E-state index in [-0.39, 0.29) is 0 Å². The Labute approximate surface area is 275 Å². The molecule has 0 fully saturated rings. The van der Waals surface area contributed by atoms with Gasteiger partial charge in [-0.3, -0.25) is 0 Å². The maximum absolute atomic E-state index is 6.65. The molecular formula is C44H27NOS. The van der Waals surface area contributed by atoms with Crippen LogP contribution in [0.3, 0.4) is 0 Å². The molecule has 3 heteroatoms. The summed E-state index contributed by atoms with van der Waals surface area (Å²) in [4.78, 5) is 2.39. The number of thiophene rings is 1. The minimum absolute atomic E-state index is 0.934. The standard InChI is InChI=1S/C44H27NOS/c1-2-9-28(10-3-1)29-17-20-32(21-18-29)45(38-16-8-13-30-11-4-6-14-34(30)38)33-22-23-36-41(27-33)47-40-26-24-37-42-35-15-7-5-12-31(35)19-25-39(42)46-44(37)43(36)40/h1-27H. The van der Waals surface area contributed by atoms with E-state index in [1.165, 1.54) is 63.6 Å². The average molecular weight is 618 g/mol. The molecule has 10 aromatic rings. The molecule has 0 saturated heterocycles. The van der Waals surface area contributed by atoms with Crippen LogP contribution in [0, 0.1) is 0 Å². The highest BCUT2D eigenvalue weighted by molar-refractivity contribution is 7.26. The molecule has 2 nitrogen and oxygen atoms in total. The van der Waals surface area contributed by atoms with E-state index in [2.05, 4.69) is 169 Å². The number of furan rings is 1. The largest absolute Gasteiger partial charge is 0.455 e. The number of fused-ring (bicyclic) bond motifs is 10. The highest BCUT2D eigenvalue weighted by Crippen LogP contribution is 2.46. The summed E-state index contributed by atoms with van der Waals surface area (Å²) >= 11 is 1.83. The second-order valence-corrected chi connectivity index (χ2v) is 13.2. The lowest BCUT2D eigenvalue weighted by Crippen LogP contribution is -2.10. The van der Waals surface area contributed by atoms with E-state index in [0.29, 0.717) is 0 Å². The van der Waals surface area contributed by atoms with Gasteiger partial charge in [-0.15, -0.1) is 11.3 Å². The van der Waals surface area contributed by atoms with Crippen LogP contribution in [0.4, 0.5) is 17.1 Å². The van der Waals surface area contributed by atoms with Crippen molar-refractivity contribution in [3.8, 4) is 11.1 Å². The molecule has 10 rings (SSSR count). The van der Waals surface area contributed by atoms with Crippen LogP contribution in [0.1, 0.15) is 0 Å². The van der Waals surface area contributed by atoms with Crippen molar-refractivity contribution in [1.29, 1.82) is 0 Å². The Hall–Kier alpha value is -5.90. The van der Waals surface area contributed by atoms with Crippen LogP contribution in [-0.4, -0.2) is 0 Å². The predicted molar refractivity (Wildman–Crippen MR) is 202 cm³/mol. The molecule has 47 heavy (non-hydrogen) atoms. The number of benzene rings is 8. The van der Waals surface area contributed by atoms with E-state index >= 15 is 0 Å². The fourth-order valence-corrected chi connectivity index (χ4v) is 8.39. The molecule has 0 bridgehead atoms. The normalized spacial score (nSPS) is 11.8. The fraction of sp³-hybridized carbons (Fsp3) is 0. The molecule has 2 aromatic heterocycles. The van der Waals surface area contributed by atoms with Crippen molar-refractivity contribution in [3.05, 3.63) is 164 Å². The zero-order valence-electron chi connectivity index (χ0n) is 25.4. The van der Waals surface area contributed by atoms with E-state index < -0.39 is 0 Å². The summed E-state index contributed by atoms with van der Waals surface area (Å²) < 4.78 is 9.12. The maximum Gasteiger partial charge on any atom is 0.144 e. The highest BCUT2D eigenvalue weighted by atomic mass is 32.1. The first kappa shape index (κ1) is 26.3. The molecule has 8 aromatic carbocycles. The molecule has 0 aliphatic heterocycles. The maximum atomic E-state index is 6.65. The fourth-order valence-electron chi connectivity index (χ4n) is 7.26. The van der Waals surface area contributed by atoms with Gasteiger partial charge in [-0.1, -0.05) is 115 Å². The summed E-state index contributed by atoms with van der Waals surface area (Å²) in [5.74, 6) is 0. The van der Waals surface area contributed by atoms with Crippen LogP contribution < -0.4 is 4.90 Å². The van der Waals surface area contributed by atoms with Gasteiger partial charge in [0.1, 0.15) is 11.2 Å². The van der Waals surface area contributed by atoms with Gasteiger partial charge in [0.15, 0.2) is 0 Å². The van der Waals surface area contributed by atoms with E-state index in [9.17, 15) is 0 Å². The number of nitrogens with zero attached hydrogens (tertiary/aromatic N) is 1. The van der Waals surface area contributed by atoms with Gasteiger partial charge in [-0.2, -0.15) is 0 Å². The van der Waals surface area contributed by atoms with E-state index in [4.69, 9.17) is 4.42 Å². The lowest BCUT2D eigenvalue weighted by Gasteiger charge is -2.27. The summed E-state index contributed by atoms with van der Waals surface area (Å²) in [6, 6.07) is 58.9. The minimum Gasteiger partial charge on any atom is -0.455 e. The minimum atomic E-state index is 0.934. The summed E-state index contributed by atoms with van der Waals surface area (Å²) in [5, 5.41) is 9.68. The Balaban J connectivity index is 1.18. The Morgan fingerprint density at radius 3 is 1.96 bits per heavy atom. The van der Waals surface area contributed by atoms with Gasteiger partial charge in [0.05, 0.1) is 5.69 Å². The van der Waals surface area contributed by atoms with Crippen molar-refractivity contribution >= 4 is 92.1 Å². The quantitative estimate of drug-likeness (QED) is 0.195. The van der Waals surface area contributed by atoms with Gasteiger partial charge in [-0.05, 0) is 75.8 Å². The van der Waals surface area contributed by atoms with Crippen LogP contribution in [0.25, 0.3) is 74.8 Å². The molecule has 0 N–H and O–H groups in total. The average Bonchev–Trinajstić information content (AvgIpc) is 3.71. The molecule has 0 aliphatic rings. The zero-order chi connectivity index (χ0) is 30.9. The summed E-state index contributed by atoms with van der Waals surface area (Å²) in [5.41, 5.74) is 7.72. The van der Waals surface area contributed by atoms with Crippen molar-refractivity contribution in [3.63, 3.8) is 0 Å². The Bertz CT molecular complexity index is 2790. The molecule has 0 radical (unpaired) electrons. The molecule has 0 saturated carbocycles. The van der Waals surface area contributed by atoms with Crippen molar-refractivity contribution in [1.82, 2.24) is 0 Å². The van der Waals surface area contributed by atoms with Gasteiger partial charge >= 0.3 is 0 Å². The third-order valence-corrected chi connectivity index (χ3v) is 10.6. The molecular weight excluding hydrogens is 591 g/mol. The smallest absolute Gasteiger partial charge is 0.144 e. The van der Waals surface area contributed by atoms with E-state index in [1.54, 1.807) is 0 Å². The molecule has 0 aliphatic carbocycles. The van der Waals surface area contributed by atoms with Gasteiger partial charge in [0, 0.05) is 47.7 Å². The SMILES string of the molecule is c1ccc(-c2ccc(N(c3ccc4c(c3)sc3ccc5c(oc6ccc7ccccc7c65)c34)c3cccc4ccccc34)cc2)cc1. The number of hydrogen-bond acceptors (Lipinski definition) is 3. The highest BCUT2D eigenvalue weighted by Gasteiger charge is 2.20. The Kier molecular flexibility index (Phi) is 5.78. The van der Waals surface area contributed by atoms with Gasteiger partial charge < -0.3 is 9.32 Å². The second-order valence-electron chi connectivity index (χ2n) is 12.1. The lowest BCUT2D eigenvalue weighted by molar-refractivity contribution is 0.673. The van der Waals surface area contributed by atoms with E-state index in [1.807, 2.05) is 11.3 Å². The molecule has 2 heterocycles. The topological polar surface area (TPSA) is 16.4 Å². The number of rotatable bonds is 4. The third-order valence-electron chi connectivity index (χ3n) is 9.44. The first-order valence-electron chi connectivity index (χ1n) is 15.9. The summed E-state index contributed by atoms with van der Waals surface area (Å²) in [7, 11) is 0. The summed E-state index contributed by atoms with van der Waals surface area (Å²) in [6.07, 6.45) is 0. The molecule has 0 unspecified atom stereocenters. The van der Waals surface area contributed by atoms with Gasteiger partial charge in [0.25, 0.3) is 0 Å². The monoisotopic (exact) mass is 617 g/mol. The van der Waals surface area contributed by atoms with Gasteiger partial charge in [0.2, 0.25) is 0 Å². The zero-order valence-corrected chi connectivity index (χ0v) is 26.2. The van der Waals surface area contributed by atoms with Crippen LogP contribution >= 0.6 is 11.3 Å². The van der Waals surface area contributed by atoms with E-state index in [0.717, 1.165) is 28.2 Å². The van der Waals surface area contributed by atoms with Crippen molar-refractivity contribution in [2.45, 2.75) is 0 Å². The second kappa shape index (κ2) is 10.3. The van der Waals surface area contributed by atoms with Crippen molar-refractivity contribution in [2.24, 2.45) is 0 Å². The number of hydrogen-bond donors (Lipinski definition) is 0. The van der Waals surface area contributed by atoms with Crippen LogP contribution in [0.5, 0.6) is 0 Å². The van der Waals surface area contributed by atoms with Gasteiger partial charge in [-0.25, -0.2) is 0 Å². The molecule has 0 amide bonds.